The Labute approximate surface area is 116 Å². The van der Waals surface area contributed by atoms with Gasteiger partial charge in [0.15, 0.2) is 0 Å². The highest BCUT2D eigenvalue weighted by molar-refractivity contribution is 7.89. The molecular formula is C14H23NO3S. The molecule has 0 atom stereocenters. The third kappa shape index (κ3) is 3.48. The molecule has 0 unspecified atom stereocenters. The second-order valence-corrected chi connectivity index (χ2v) is 6.82. The highest BCUT2D eigenvalue weighted by Gasteiger charge is 2.22. The first-order chi connectivity index (χ1) is 8.84. The summed E-state index contributed by atoms with van der Waals surface area (Å²) in [4.78, 5) is 0.335. The maximum atomic E-state index is 12.4. The standard InChI is InChI=1S/C14H23NO3S/c1-6-7-8-15(4)19(16,17)13-9-11(2)14(18-5)12(3)10-13/h9-10H,6-8H2,1-5H3. The molecule has 0 aliphatic rings. The summed E-state index contributed by atoms with van der Waals surface area (Å²) in [5.41, 5.74) is 1.68. The average Bonchev–Trinajstić information content (AvgIpc) is 2.35. The van der Waals surface area contributed by atoms with Crippen molar-refractivity contribution >= 4 is 10.0 Å². The van der Waals surface area contributed by atoms with Crippen molar-refractivity contribution in [3.63, 3.8) is 0 Å². The number of ether oxygens (including phenoxy) is 1. The molecule has 19 heavy (non-hydrogen) atoms. The molecule has 0 aliphatic heterocycles. The molecule has 0 saturated carbocycles. The largest absolute Gasteiger partial charge is 0.496 e. The van der Waals surface area contributed by atoms with Gasteiger partial charge in [0.1, 0.15) is 5.75 Å². The highest BCUT2D eigenvalue weighted by atomic mass is 32.2. The van der Waals surface area contributed by atoms with Crippen LogP contribution in [0.2, 0.25) is 0 Å². The quantitative estimate of drug-likeness (QED) is 0.807. The molecule has 0 spiro atoms. The first-order valence-electron chi connectivity index (χ1n) is 6.46. The summed E-state index contributed by atoms with van der Waals surface area (Å²) in [5, 5.41) is 0. The molecule has 0 heterocycles. The number of rotatable bonds is 6. The molecule has 1 aromatic carbocycles. The van der Waals surface area contributed by atoms with E-state index in [4.69, 9.17) is 4.74 Å². The van der Waals surface area contributed by atoms with Crippen LogP contribution in [0.1, 0.15) is 30.9 Å². The van der Waals surface area contributed by atoms with Gasteiger partial charge in [-0.05, 0) is 43.5 Å². The minimum atomic E-state index is -3.40. The van der Waals surface area contributed by atoms with Crippen LogP contribution in [0.4, 0.5) is 0 Å². The van der Waals surface area contributed by atoms with E-state index < -0.39 is 10.0 Å². The maximum absolute atomic E-state index is 12.4. The molecule has 0 radical (unpaired) electrons. The van der Waals surface area contributed by atoms with Gasteiger partial charge in [-0.2, -0.15) is 0 Å². The molecule has 0 aliphatic carbocycles. The fourth-order valence-corrected chi connectivity index (χ4v) is 3.44. The lowest BCUT2D eigenvalue weighted by Crippen LogP contribution is -2.28. The molecule has 0 fully saturated rings. The minimum Gasteiger partial charge on any atom is -0.496 e. The van der Waals surface area contributed by atoms with E-state index in [1.54, 1.807) is 26.3 Å². The van der Waals surface area contributed by atoms with Crippen LogP contribution in [0, 0.1) is 13.8 Å². The Morgan fingerprint density at radius 2 is 1.74 bits per heavy atom. The fraction of sp³-hybridized carbons (Fsp3) is 0.571. The van der Waals surface area contributed by atoms with Crippen LogP contribution in [0.15, 0.2) is 17.0 Å². The number of benzene rings is 1. The lowest BCUT2D eigenvalue weighted by molar-refractivity contribution is 0.408. The number of hydrogen-bond acceptors (Lipinski definition) is 3. The van der Waals surface area contributed by atoms with Gasteiger partial charge in [0.25, 0.3) is 0 Å². The molecule has 0 N–H and O–H groups in total. The van der Waals surface area contributed by atoms with Crippen molar-refractivity contribution in [1.29, 1.82) is 0 Å². The summed E-state index contributed by atoms with van der Waals surface area (Å²) >= 11 is 0. The van der Waals surface area contributed by atoms with Crippen molar-refractivity contribution in [3.8, 4) is 5.75 Å². The Morgan fingerprint density at radius 3 is 2.16 bits per heavy atom. The van der Waals surface area contributed by atoms with Crippen LogP contribution in [-0.2, 0) is 10.0 Å². The number of methoxy groups -OCH3 is 1. The van der Waals surface area contributed by atoms with E-state index in [9.17, 15) is 8.42 Å². The van der Waals surface area contributed by atoms with Crippen molar-refractivity contribution in [1.82, 2.24) is 4.31 Å². The molecule has 0 aromatic heterocycles. The second kappa shape index (κ2) is 6.39. The second-order valence-electron chi connectivity index (χ2n) is 4.77. The van der Waals surface area contributed by atoms with Gasteiger partial charge in [0.05, 0.1) is 12.0 Å². The van der Waals surface area contributed by atoms with Gasteiger partial charge in [-0.15, -0.1) is 0 Å². The predicted molar refractivity (Wildman–Crippen MR) is 77.2 cm³/mol. The van der Waals surface area contributed by atoms with Crippen molar-refractivity contribution in [2.45, 2.75) is 38.5 Å². The van der Waals surface area contributed by atoms with Gasteiger partial charge in [-0.25, -0.2) is 12.7 Å². The summed E-state index contributed by atoms with van der Waals surface area (Å²) in [7, 11) is -0.184. The lowest BCUT2D eigenvalue weighted by atomic mass is 10.1. The Bertz CT molecular complexity index is 515. The van der Waals surface area contributed by atoms with Crippen molar-refractivity contribution in [2.24, 2.45) is 0 Å². The number of hydrogen-bond donors (Lipinski definition) is 0. The molecule has 0 amide bonds. The molecule has 1 aromatic rings. The molecule has 0 saturated heterocycles. The summed E-state index contributed by atoms with van der Waals surface area (Å²) in [5.74, 6) is 0.746. The van der Waals surface area contributed by atoms with Crippen LogP contribution in [0.3, 0.4) is 0 Å². The zero-order chi connectivity index (χ0) is 14.6. The first-order valence-corrected chi connectivity index (χ1v) is 7.90. The van der Waals surface area contributed by atoms with Gasteiger partial charge >= 0.3 is 0 Å². The smallest absolute Gasteiger partial charge is 0.242 e. The number of aryl methyl sites for hydroxylation is 2. The van der Waals surface area contributed by atoms with Gasteiger partial charge in [0.2, 0.25) is 10.0 Å². The molecule has 0 bridgehead atoms. The third-order valence-electron chi connectivity index (χ3n) is 3.17. The van der Waals surface area contributed by atoms with E-state index in [0.717, 1.165) is 29.7 Å². The number of nitrogens with zero attached hydrogens (tertiary/aromatic N) is 1. The van der Waals surface area contributed by atoms with E-state index in [2.05, 4.69) is 0 Å². The van der Waals surface area contributed by atoms with Crippen LogP contribution >= 0.6 is 0 Å². The van der Waals surface area contributed by atoms with Gasteiger partial charge in [-0.1, -0.05) is 13.3 Å². The monoisotopic (exact) mass is 285 g/mol. The molecule has 108 valence electrons. The summed E-state index contributed by atoms with van der Waals surface area (Å²) < 4.78 is 31.5. The summed E-state index contributed by atoms with van der Waals surface area (Å²) in [6.45, 7) is 6.30. The molecule has 5 heteroatoms. The van der Waals surface area contributed by atoms with Crippen LogP contribution in [0.25, 0.3) is 0 Å². The van der Waals surface area contributed by atoms with Gasteiger partial charge in [-0.3, -0.25) is 0 Å². The number of unbranched alkanes of at least 4 members (excludes halogenated alkanes) is 1. The summed E-state index contributed by atoms with van der Waals surface area (Å²) in [6, 6.07) is 3.34. The Balaban J connectivity index is 3.15. The topological polar surface area (TPSA) is 46.6 Å². The molecule has 1 rings (SSSR count). The fourth-order valence-electron chi connectivity index (χ4n) is 2.06. The van der Waals surface area contributed by atoms with E-state index >= 15 is 0 Å². The van der Waals surface area contributed by atoms with Crippen LogP contribution in [-0.4, -0.2) is 33.4 Å². The maximum Gasteiger partial charge on any atom is 0.242 e. The van der Waals surface area contributed by atoms with Crippen molar-refractivity contribution < 1.29 is 13.2 Å². The third-order valence-corrected chi connectivity index (χ3v) is 5.01. The molecular weight excluding hydrogens is 262 g/mol. The normalized spacial score (nSPS) is 11.9. The van der Waals surface area contributed by atoms with E-state index in [1.807, 2.05) is 20.8 Å². The SMILES string of the molecule is CCCCN(C)S(=O)(=O)c1cc(C)c(OC)c(C)c1. The van der Waals surface area contributed by atoms with Crippen molar-refractivity contribution in [3.05, 3.63) is 23.3 Å². The predicted octanol–water partition coefficient (Wildman–Crippen LogP) is 2.73. The van der Waals surface area contributed by atoms with Crippen LogP contribution < -0.4 is 4.74 Å². The average molecular weight is 285 g/mol. The van der Waals surface area contributed by atoms with Crippen molar-refractivity contribution in [2.75, 3.05) is 20.7 Å². The van der Waals surface area contributed by atoms with E-state index in [-0.39, 0.29) is 0 Å². The lowest BCUT2D eigenvalue weighted by Gasteiger charge is -2.18. The zero-order valence-electron chi connectivity index (χ0n) is 12.4. The van der Waals surface area contributed by atoms with Crippen LogP contribution in [0.5, 0.6) is 5.75 Å². The Kier molecular flexibility index (Phi) is 5.38. The van der Waals surface area contributed by atoms with Gasteiger partial charge < -0.3 is 4.74 Å². The summed E-state index contributed by atoms with van der Waals surface area (Å²) in [6.07, 6.45) is 1.84. The van der Waals surface area contributed by atoms with Gasteiger partial charge in [0, 0.05) is 13.6 Å². The van der Waals surface area contributed by atoms with E-state index in [1.165, 1.54) is 4.31 Å². The Morgan fingerprint density at radius 1 is 1.21 bits per heavy atom. The van der Waals surface area contributed by atoms with E-state index in [0.29, 0.717) is 11.4 Å². The minimum absolute atomic E-state index is 0.335. The first kappa shape index (κ1) is 16.0. The zero-order valence-corrected chi connectivity index (χ0v) is 13.2. The Hall–Kier alpha value is -1.07. The number of sulfonamides is 1. The highest BCUT2D eigenvalue weighted by Crippen LogP contribution is 2.27. The molecule has 4 nitrogen and oxygen atoms in total.